The quantitative estimate of drug-likeness (QED) is 0.735. The highest BCUT2D eigenvalue weighted by Crippen LogP contribution is 2.21. The maximum absolute atomic E-state index is 11.1. The van der Waals surface area contributed by atoms with Crippen LogP contribution < -0.4 is 10.6 Å². The van der Waals surface area contributed by atoms with Crippen LogP contribution in [0.5, 0.6) is 0 Å². The predicted octanol–water partition coefficient (Wildman–Crippen LogP) is 2.47. The first-order valence-corrected chi connectivity index (χ1v) is 7.64. The third kappa shape index (κ3) is 4.79. The molecule has 0 saturated heterocycles. The van der Waals surface area contributed by atoms with E-state index >= 15 is 0 Å². The first-order valence-electron chi connectivity index (χ1n) is 6.76. The average Bonchev–Trinajstić information content (AvgIpc) is 3.05. The van der Waals surface area contributed by atoms with Gasteiger partial charge >= 0.3 is 0 Å². The van der Waals surface area contributed by atoms with Crippen LogP contribution in [0.4, 0.5) is 5.69 Å². The van der Waals surface area contributed by atoms with Crippen LogP contribution in [0.3, 0.4) is 0 Å². The van der Waals surface area contributed by atoms with E-state index in [-0.39, 0.29) is 5.91 Å². The van der Waals surface area contributed by atoms with E-state index in [0.717, 1.165) is 38.2 Å². The standard InChI is InChI=1S/C14H20N4OS/c1-12(19)17-13-4-9-20-14(13)10-15-5-2-3-7-18-8-6-16-11-18/h4,6,8-9,11,15H,2-3,5,7,10H2,1H3,(H,17,19). The molecule has 0 aliphatic heterocycles. The molecule has 0 aromatic carbocycles. The molecule has 2 rings (SSSR count). The van der Waals surface area contributed by atoms with Gasteiger partial charge in [0.05, 0.1) is 12.0 Å². The van der Waals surface area contributed by atoms with Gasteiger partial charge in [-0.05, 0) is 30.8 Å². The zero-order valence-corrected chi connectivity index (χ0v) is 12.4. The Balaban J connectivity index is 1.61. The number of imidazole rings is 1. The molecule has 0 fully saturated rings. The summed E-state index contributed by atoms with van der Waals surface area (Å²) in [6, 6.07) is 1.95. The van der Waals surface area contributed by atoms with Crippen molar-refractivity contribution in [3.63, 3.8) is 0 Å². The zero-order valence-electron chi connectivity index (χ0n) is 11.6. The molecule has 6 heteroatoms. The van der Waals surface area contributed by atoms with Crippen molar-refractivity contribution in [2.45, 2.75) is 32.9 Å². The number of nitrogens with zero attached hydrogens (tertiary/aromatic N) is 2. The van der Waals surface area contributed by atoms with E-state index in [1.54, 1.807) is 17.5 Å². The van der Waals surface area contributed by atoms with Crippen molar-refractivity contribution in [1.29, 1.82) is 0 Å². The highest BCUT2D eigenvalue weighted by atomic mass is 32.1. The smallest absolute Gasteiger partial charge is 0.221 e. The summed E-state index contributed by atoms with van der Waals surface area (Å²) in [4.78, 5) is 16.3. The van der Waals surface area contributed by atoms with Crippen LogP contribution in [-0.4, -0.2) is 22.0 Å². The van der Waals surface area contributed by atoms with Crippen LogP contribution >= 0.6 is 11.3 Å². The van der Waals surface area contributed by atoms with Crippen LogP contribution in [0.25, 0.3) is 0 Å². The van der Waals surface area contributed by atoms with Gasteiger partial charge in [0.2, 0.25) is 5.91 Å². The molecule has 2 heterocycles. The molecule has 0 bridgehead atoms. The van der Waals surface area contributed by atoms with Gasteiger partial charge in [0.25, 0.3) is 0 Å². The molecular formula is C14H20N4OS. The summed E-state index contributed by atoms with van der Waals surface area (Å²) in [5.41, 5.74) is 0.924. The van der Waals surface area contributed by atoms with Gasteiger partial charge in [0.1, 0.15) is 0 Å². The highest BCUT2D eigenvalue weighted by Gasteiger charge is 2.04. The number of carbonyl (C=O) groups is 1. The van der Waals surface area contributed by atoms with Crippen molar-refractivity contribution >= 4 is 22.9 Å². The van der Waals surface area contributed by atoms with E-state index in [1.807, 2.05) is 24.0 Å². The molecule has 0 aliphatic rings. The summed E-state index contributed by atoms with van der Waals surface area (Å²) in [6.45, 7) is 4.33. The van der Waals surface area contributed by atoms with Gasteiger partial charge in [0.15, 0.2) is 0 Å². The summed E-state index contributed by atoms with van der Waals surface area (Å²) in [7, 11) is 0. The molecule has 0 unspecified atom stereocenters. The minimum absolute atomic E-state index is 0.0232. The lowest BCUT2D eigenvalue weighted by atomic mass is 10.3. The van der Waals surface area contributed by atoms with Crippen LogP contribution in [0.1, 0.15) is 24.6 Å². The molecule has 20 heavy (non-hydrogen) atoms. The number of aromatic nitrogens is 2. The molecule has 0 atom stereocenters. The second kappa shape index (κ2) is 7.81. The van der Waals surface area contributed by atoms with Crippen LogP contribution in [0.2, 0.25) is 0 Å². The van der Waals surface area contributed by atoms with Crippen LogP contribution in [0.15, 0.2) is 30.2 Å². The topological polar surface area (TPSA) is 59.0 Å². The summed E-state index contributed by atoms with van der Waals surface area (Å²) >= 11 is 1.66. The van der Waals surface area contributed by atoms with Gasteiger partial charge in [0, 0.05) is 37.3 Å². The molecule has 0 spiro atoms. The average molecular weight is 292 g/mol. The van der Waals surface area contributed by atoms with Gasteiger partial charge in [-0.15, -0.1) is 11.3 Å². The molecule has 0 radical (unpaired) electrons. The number of carbonyl (C=O) groups excluding carboxylic acids is 1. The van der Waals surface area contributed by atoms with Crippen molar-refractivity contribution < 1.29 is 4.79 Å². The maximum Gasteiger partial charge on any atom is 0.221 e. The maximum atomic E-state index is 11.1. The number of anilines is 1. The number of aryl methyl sites for hydroxylation is 1. The molecule has 0 aliphatic carbocycles. The Morgan fingerprint density at radius 3 is 3.10 bits per heavy atom. The number of hydrogen-bond acceptors (Lipinski definition) is 4. The third-order valence-electron chi connectivity index (χ3n) is 2.92. The number of nitrogens with one attached hydrogen (secondary N) is 2. The minimum Gasteiger partial charge on any atom is -0.337 e. The van der Waals surface area contributed by atoms with E-state index in [1.165, 1.54) is 11.8 Å². The Morgan fingerprint density at radius 1 is 1.45 bits per heavy atom. The fourth-order valence-electron chi connectivity index (χ4n) is 1.94. The molecule has 1 amide bonds. The molecule has 2 aromatic heterocycles. The van der Waals surface area contributed by atoms with E-state index in [4.69, 9.17) is 0 Å². The Labute approximate surface area is 123 Å². The van der Waals surface area contributed by atoms with Crippen molar-refractivity contribution in [2.75, 3.05) is 11.9 Å². The third-order valence-corrected chi connectivity index (χ3v) is 3.84. The highest BCUT2D eigenvalue weighted by molar-refractivity contribution is 7.10. The Hall–Kier alpha value is -1.66. The lowest BCUT2D eigenvalue weighted by Crippen LogP contribution is -2.16. The van der Waals surface area contributed by atoms with Gasteiger partial charge < -0.3 is 15.2 Å². The minimum atomic E-state index is -0.0232. The van der Waals surface area contributed by atoms with Gasteiger partial charge in [-0.1, -0.05) is 0 Å². The van der Waals surface area contributed by atoms with Crippen molar-refractivity contribution in [1.82, 2.24) is 14.9 Å². The lowest BCUT2D eigenvalue weighted by Gasteiger charge is -2.07. The van der Waals surface area contributed by atoms with Crippen LogP contribution in [0, 0.1) is 0 Å². The number of rotatable bonds is 8. The fraction of sp³-hybridized carbons (Fsp3) is 0.429. The predicted molar refractivity (Wildman–Crippen MR) is 81.8 cm³/mol. The van der Waals surface area contributed by atoms with Gasteiger partial charge in [-0.2, -0.15) is 0 Å². The fourth-order valence-corrected chi connectivity index (χ4v) is 2.74. The monoisotopic (exact) mass is 292 g/mol. The molecule has 0 saturated carbocycles. The molecule has 108 valence electrons. The summed E-state index contributed by atoms with van der Waals surface area (Å²) in [5, 5.41) is 8.26. The Bertz CT molecular complexity index is 521. The summed E-state index contributed by atoms with van der Waals surface area (Å²) in [6.07, 6.45) is 7.89. The normalized spacial score (nSPS) is 10.7. The lowest BCUT2D eigenvalue weighted by molar-refractivity contribution is -0.114. The molecule has 5 nitrogen and oxygen atoms in total. The van der Waals surface area contributed by atoms with Crippen molar-refractivity contribution in [2.24, 2.45) is 0 Å². The first kappa shape index (κ1) is 14.7. The van der Waals surface area contributed by atoms with E-state index in [2.05, 4.69) is 20.2 Å². The first-order chi connectivity index (χ1) is 9.75. The van der Waals surface area contributed by atoms with Crippen molar-refractivity contribution in [3.05, 3.63) is 35.0 Å². The SMILES string of the molecule is CC(=O)Nc1ccsc1CNCCCCn1ccnc1. The summed E-state index contributed by atoms with van der Waals surface area (Å²) < 4.78 is 2.09. The second-order valence-electron chi connectivity index (χ2n) is 4.62. The van der Waals surface area contributed by atoms with E-state index < -0.39 is 0 Å². The molecule has 2 aromatic rings. The second-order valence-corrected chi connectivity index (χ2v) is 5.62. The largest absolute Gasteiger partial charge is 0.337 e. The zero-order chi connectivity index (χ0) is 14.2. The number of hydrogen-bond donors (Lipinski definition) is 2. The summed E-state index contributed by atoms with van der Waals surface area (Å²) in [5.74, 6) is -0.0232. The number of thiophene rings is 1. The molecule has 2 N–H and O–H groups in total. The Morgan fingerprint density at radius 2 is 2.35 bits per heavy atom. The van der Waals surface area contributed by atoms with Crippen molar-refractivity contribution in [3.8, 4) is 0 Å². The van der Waals surface area contributed by atoms with Crippen LogP contribution in [-0.2, 0) is 17.9 Å². The Kier molecular flexibility index (Phi) is 5.76. The van der Waals surface area contributed by atoms with E-state index in [0.29, 0.717) is 0 Å². The van der Waals surface area contributed by atoms with Gasteiger partial charge in [-0.3, -0.25) is 4.79 Å². The molecular weight excluding hydrogens is 272 g/mol. The van der Waals surface area contributed by atoms with E-state index in [9.17, 15) is 4.79 Å². The van der Waals surface area contributed by atoms with Gasteiger partial charge in [-0.25, -0.2) is 4.98 Å². The number of amides is 1. The number of unbranched alkanes of at least 4 members (excludes halogenated alkanes) is 1.